The number of aliphatic hydroxyl groups is 1. The number of aliphatic carboxylic acids is 1. The Labute approximate surface area is 111 Å². The third kappa shape index (κ3) is 2.88. The number of carbonyl (C=O) groups excluding carboxylic acids is 1. The topological polar surface area (TPSA) is 86.6 Å². The van der Waals surface area contributed by atoms with Gasteiger partial charge < -0.3 is 15.5 Å². The molecule has 0 unspecified atom stereocenters. The Hall–Kier alpha value is -1.99. The number of fused-ring (bicyclic) bond motifs is 1. The van der Waals surface area contributed by atoms with Crippen LogP contribution in [0.2, 0.25) is 0 Å². The lowest BCUT2D eigenvalue weighted by molar-refractivity contribution is -0.140. The number of halogens is 1. The Kier molecular flexibility index (Phi) is 3.77. The van der Waals surface area contributed by atoms with Gasteiger partial charge in [-0.05, 0) is 23.6 Å². The predicted octanol–water partition coefficient (Wildman–Crippen LogP) is 1.22. The molecule has 2 aromatic rings. The summed E-state index contributed by atoms with van der Waals surface area (Å²) in [5.41, 5.74) is 0. The van der Waals surface area contributed by atoms with Crippen LogP contribution in [0.5, 0.6) is 0 Å². The van der Waals surface area contributed by atoms with Gasteiger partial charge in [-0.15, -0.1) is 11.3 Å². The maximum atomic E-state index is 13.0. The van der Waals surface area contributed by atoms with Gasteiger partial charge in [0.2, 0.25) is 0 Å². The zero-order valence-corrected chi connectivity index (χ0v) is 10.4. The van der Waals surface area contributed by atoms with E-state index >= 15 is 0 Å². The third-order valence-electron chi connectivity index (χ3n) is 2.49. The van der Waals surface area contributed by atoms with Crippen LogP contribution in [-0.2, 0) is 4.79 Å². The highest BCUT2D eigenvalue weighted by molar-refractivity contribution is 7.20. The van der Waals surface area contributed by atoms with Crippen LogP contribution in [0.25, 0.3) is 10.1 Å². The third-order valence-corrected chi connectivity index (χ3v) is 3.59. The minimum Gasteiger partial charge on any atom is -0.480 e. The number of carboxylic acids is 1. The van der Waals surface area contributed by atoms with Crippen LogP contribution in [-0.4, -0.2) is 34.7 Å². The van der Waals surface area contributed by atoms with Crippen molar-refractivity contribution in [2.75, 3.05) is 6.61 Å². The normalized spacial score (nSPS) is 12.3. The Morgan fingerprint density at radius 1 is 1.37 bits per heavy atom. The monoisotopic (exact) mass is 283 g/mol. The minimum absolute atomic E-state index is 0.264. The van der Waals surface area contributed by atoms with Gasteiger partial charge in [0.1, 0.15) is 5.82 Å². The maximum Gasteiger partial charge on any atom is 0.328 e. The molecule has 0 fully saturated rings. The second-order valence-corrected chi connectivity index (χ2v) is 4.92. The summed E-state index contributed by atoms with van der Waals surface area (Å²) in [5.74, 6) is -2.33. The molecule has 1 heterocycles. The number of hydrogen-bond acceptors (Lipinski definition) is 4. The number of hydrogen-bond donors (Lipinski definition) is 3. The van der Waals surface area contributed by atoms with E-state index in [2.05, 4.69) is 5.32 Å². The summed E-state index contributed by atoms with van der Waals surface area (Å²) in [5, 5.41) is 20.4. The number of nitrogens with one attached hydrogen (secondary N) is 1. The molecule has 0 aliphatic carbocycles. The highest BCUT2D eigenvalue weighted by atomic mass is 32.1. The fraction of sp³-hybridized carbons (Fsp3) is 0.167. The fourth-order valence-corrected chi connectivity index (χ4v) is 2.52. The fourth-order valence-electron chi connectivity index (χ4n) is 1.53. The van der Waals surface area contributed by atoms with Crippen molar-refractivity contribution in [2.45, 2.75) is 6.04 Å². The molecule has 0 aliphatic rings. The van der Waals surface area contributed by atoms with Crippen molar-refractivity contribution in [3.05, 3.63) is 35.0 Å². The molecule has 0 saturated carbocycles. The second-order valence-electron chi connectivity index (χ2n) is 3.84. The maximum absolute atomic E-state index is 13.0. The molecular weight excluding hydrogens is 273 g/mol. The van der Waals surface area contributed by atoms with Crippen LogP contribution >= 0.6 is 11.3 Å². The molecule has 0 bridgehead atoms. The SMILES string of the molecule is O=C(N[C@@H](CO)C(=O)O)c1cc2ccc(F)cc2s1. The highest BCUT2D eigenvalue weighted by Crippen LogP contribution is 2.26. The lowest BCUT2D eigenvalue weighted by atomic mass is 10.2. The molecule has 1 aromatic heterocycles. The van der Waals surface area contributed by atoms with Gasteiger partial charge >= 0.3 is 5.97 Å². The zero-order chi connectivity index (χ0) is 14.0. The molecule has 5 nitrogen and oxygen atoms in total. The number of rotatable bonds is 4. The summed E-state index contributed by atoms with van der Waals surface area (Å²) < 4.78 is 13.6. The van der Waals surface area contributed by atoms with Gasteiger partial charge in [-0.1, -0.05) is 6.07 Å². The number of aliphatic hydroxyl groups excluding tert-OH is 1. The standard InChI is InChI=1S/C12H10FNO4S/c13-7-2-1-6-3-10(19-9(6)4-7)11(16)14-8(5-15)12(17)18/h1-4,8,15H,5H2,(H,14,16)(H,17,18)/t8-/m0/s1. The zero-order valence-electron chi connectivity index (χ0n) is 9.59. The molecule has 0 radical (unpaired) electrons. The van der Waals surface area contributed by atoms with E-state index in [0.29, 0.717) is 10.1 Å². The van der Waals surface area contributed by atoms with E-state index in [9.17, 15) is 14.0 Å². The van der Waals surface area contributed by atoms with Crippen molar-refractivity contribution in [3.8, 4) is 0 Å². The first-order valence-corrected chi connectivity index (χ1v) is 6.16. The van der Waals surface area contributed by atoms with Crippen LogP contribution in [0.15, 0.2) is 24.3 Å². The van der Waals surface area contributed by atoms with Crippen molar-refractivity contribution >= 4 is 33.3 Å². The Bertz CT molecular complexity index is 640. The molecule has 1 amide bonds. The van der Waals surface area contributed by atoms with Crippen molar-refractivity contribution in [2.24, 2.45) is 0 Å². The van der Waals surface area contributed by atoms with Gasteiger partial charge in [-0.25, -0.2) is 9.18 Å². The minimum atomic E-state index is -1.35. The van der Waals surface area contributed by atoms with E-state index in [-0.39, 0.29) is 4.88 Å². The highest BCUT2D eigenvalue weighted by Gasteiger charge is 2.20. The van der Waals surface area contributed by atoms with Crippen molar-refractivity contribution < 1.29 is 24.2 Å². The molecule has 1 atom stereocenters. The van der Waals surface area contributed by atoms with E-state index in [4.69, 9.17) is 10.2 Å². The first kappa shape index (κ1) is 13.4. The molecule has 0 saturated heterocycles. The molecule has 7 heteroatoms. The van der Waals surface area contributed by atoms with Crippen LogP contribution in [0.4, 0.5) is 4.39 Å². The number of thiophene rings is 1. The smallest absolute Gasteiger partial charge is 0.328 e. The van der Waals surface area contributed by atoms with Crippen molar-refractivity contribution in [1.82, 2.24) is 5.32 Å². The van der Waals surface area contributed by atoms with Crippen molar-refractivity contribution in [3.63, 3.8) is 0 Å². The van der Waals surface area contributed by atoms with Crippen LogP contribution in [0, 0.1) is 5.82 Å². The van der Waals surface area contributed by atoms with Gasteiger partial charge in [-0.2, -0.15) is 0 Å². The summed E-state index contributed by atoms with van der Waals surface area (Å²) in [6.07, 6.45) is 0. The van der Waals surface area contributed by atoms with Crippen molar-refractivity contribution in [1.29, 1.82) is 0 Å². The Morgan fingerprint density at radius 3 is 2.74 bits per heavy atom. The van der Waals surface area contributed by atoms with E-state index in [1.807, 2.05) is 0 Å². The first-order valence-electron chi connectivity index (χ1n) is 5.35. The quantitative estimate of drug-likeness (QED) is 0.787. The van der Waals surface area contributed by atoms with E-state index < -0.39 is 30.3 Å². The molecule has 100 valence electrons. The first-order chi connectivity index (χ1) is 9.01. The van der Waals surface area contributed by atoms with Crippen LogP contribution in [0.3, 0.4) is 0 Å². The van der Waals surface area contributed by atoms with E-state index in [0.717, 1.165) is 11.3 Å². The average molecular weight is 283 g/mol. The van der Waals surface area contributed by atoms with E-state index in [1.165, 1.54) is 12.1 Å². The van der Waals surface area contributed by atoms with Crippen LogP contribution in [0.1, 0.15) is 9.67 Å². The lowest BCUT2D eigenvalue weighted by Crippen LogP contribution is -2.43. The van der Waals surface area contributed by atoms with Gasteiger partial charge in [0.05, 0.1) is 11.5 Å². The van der Waals surface area contributed by atoms with Gasteiger partial charge in [0, 0.05) is 4.70 Å². The number of benzene rings is 1. The largest absolute Gasteiger partial charge is 0.480 e. The summed E-state index contributed by atoms with van der Waals surface area (Å²) in [4.78, 5) is 22.8. The van der Waals surface area contributed by atoms with Gasteiger partial charge in [-0.3, -0.25) is 4.79 Å². The van der Waals surface area contributed by atoms with Gasteiger partial charge in [0.15, 0.2) is 6.04 Å². The summed E-state index contributed by atoms with van der Waals surface area (Å²) >= 11 is 1.06. The summed E-state index contributed by atoms with van der Waals surface area (Å²) in [6, 6.07) is 4.32. The Morgan fingerprint density at radius 2 is 2.11 bits per heavy atom. The summed E-state index contributed by atoms with van der Waals surface area (Å²) in [7, 11) is 0. The number of amides is 1. The van der Waals surface area contributed by atoms with E-state index in [1.54, 1.807) is 12.1 Å². The lowest BCUT2D eigenvalue weighted by Gasteiger charge is -2.10. The number of carbonyl (C=O) groups is 2. The molecule has 2 rings (SSSR count). The Balaban J connectivity index is 2.24. The second kappa shape index (κ2) is 5.33. The molecule has 0 spiro atoms. The molecule has 3 N–H and O–H groups in total. The average Bonchev–Trinajstić information content (AvgIpc) is 2.78. The molecular formula is C12H10FNO4S. The summed E-state index contributed by atoms with van der Waals surface area (Å²) in [6.45, 7) is -0.694. The number of carboxylic acid groups (broad SMARTS) is 1. The molecule has 1 aromatic carbocycles. The predicted molar refractivity (Wildman–Crippen MR) is 67.8 cm³/mol. The van der Waals surface area contributed by atoms with Gasteiger partial charge in [0.25, 0.3) is 5.91 Å². The molecule has 0 aliphatic heterocycles. The van der Waals surface area contributed by atoms with Crippen LogP contribution < -0.4 is 5.32 Å². The molecule has 19 heavy (non-hydrogen) atoms.